The van der Waals surface area contributed by atoms with Gasteiger partial charge in [-0.25, -0.2) is 4.98 Å². The lowest BCUT2D eigenvalue weighted by molar-refractivity contribution is -0.121. The minimum atomic E-state index is -0.0675. The van der Waals surface area contributed by atoms with Crippen molar-refractivity contribution in [2.75, 3.05) is 12.3 Å². The summed E-state index contributed by atoms with van der Waals surface area (Å²) in [6, 6.07) is 1.45. The van der Waals surface area contributed by atoms with Crippen LogP contribution in [0.1, 0.15) is 25.1 Å². The molecule has 0 bridgehead atoms. The van der Waals surface area contributed by atoms with Gasteiger partial charge in [0.15, 0.2) is 5.16 Å². The second-order valence-corrected chi connectivity index (χ2v) is 5.00. The third kappa shape index (κ3) is 2.52. The van der Waals surface area contributed by atoms with Crippen molar-refractivity contribution >= 4 is 17.7 Å². The molecule has 1 aromatic rings. The van der Waals surface area contributed by atoms with Gasteiger partial charge in [-0.2, -0.15) is 0 Å². The molecule has 5 nitrogen and oxygen atoms in total. The van der Waals surface area contributed by atoms with Crippen molar-refractivity contribution in [3.8, 4) is 0 Å². The number of carbonyl (C=O) groups excluding carboxylic acids is 1. The zero-order valence-corrected chi connectivity index (χ0v) is 10.7. The fraction of sp³-hybridized carbons (Fsp3) is 0.545. The van der Waals surface area contributed by atoms with Crippen LogP contribution in [-0.2, 0) is 4.79 Å². The summed E-state index contributed by atoms with van der Waals surface area (Å²) in [5.74, 6) is 0.724. The molecule has 0 saturated carbocycles. The lowest BCUT2D eigenvalue weighted by Gasteiger charge is -2.12. The van der Waals surface area contributed by atoms with Crippen LogP contribution in [0.4, 0.5) is 0 Å². The van der Waals surface area contributed by atoms with Gasteiger partial charge in [-0.1, -0.05) is 11.8 Å². The van der Waals surface area contributed by atoms with Gasteiger partial charge in [-0.3, -0.25) is 14.2 Å². The molecule has 6 heteroatoms. The molecule has 1 amide bonds. The third-order valence-electron chi connectivity index (χ3n) is 2.61. The molecular weight excluding hydrogens is 238 g/mol. The number of nitrogens with zero attached hydrogens (tertiary/aromatic N) is 2. The summed E-state index contributed by atoms with van der Waals surface area (Å²) < 4.78 is 1.63. The number of carbonyl (C=O) groups is 1. The van der Waals surface area contributed by atoms with E-state index in [0.29, 0.717) is 13.0 Å². The van der Waals surface area contributed by atoms with Crippen molar-refractivity contribution in [2.24, 2.45) is 0 Å². The Morgan fingerprint density at radius 3 is 3.18 bits per heavy atom. The molecule has 0 spiro atoms. The monoisotopic (exact) mass is 253 g/mol. The number of thioether (sulfide) groups is 1. The minimum absolute atomic E-state index is 0.0153. The molecule has 1 aromatic heterocycles. The summed E-state index contributed by atoms with van der Waals surface area (Å²) in [7, 11) is 0. The van der Waals surface area contributed by atoms with Gasteiger partial charge in [0.25, 0.3) is 5.56 Å². The van der Waals surface area contributed by atoms with E-state index in [1.54, 1.807) is 11.5 Å². The van der Waals surface area contributed by atoms with E-state index in [2.05, 4.69) is 10.3 Å². The third-order valence-corrected chi connectivity index (χ3v) is 3.71. The van der Waals surface area contributed by atoms with Gasteiger partial charge in [0, 0.05) is 30.5 Å². The van der Waals surface area contributed by atoms with Gasteiger partial charge in [0.1, 0.15) is 0 Å². The molecule has 0 aromatic carbocycles. The smallest absolute Gasteiger partial charge is 0.254 e. The highest BCUT2D eigenvalue weighted by molar-refractivity contribution is 7.99. The second-order valence-electron chi connectivity index (χ2n) is 4.01. The molecule has 1 aliphatic heterocycles. The fourth-order valence-corrected chi connectivity index (χ4v) is 3.09. The largest absolute Gasteiger partial charge is 0.356 e. The Balaban J connectivity index is 2.22. The first-order valence-corrected chi connectivity index (χ1v) is 6.60. The van der Waals surface area contributed by atoms with Crippen molar-refractivity contribution in [2.45, 2.75) is 31.5 Å². The van der Waals surface area contributed by atoms with Gasteiger partial charge in [0.2, 0.25) is 5.91 Å². The Kier molecular flexibility index (Phi) is 3.51. The molecule has 2 heterocycles. The Morgan fingerprint density at radius 1 is 1.71 bits per heavy atom. The molecule has 0 unspecified atom stereocenters. The van der Waals surface area contributed by atoms with Crippen molar-refractivity contribution in [1.29, 1.82) is 0 Å². The lowest BCUT2D eigenvalue weighted by atomic mass is 10.2. The Hall–Kier alpha value is -1.30. The first kappa shape index (κ1) is 12.2. The number of fused-ring (bicyclic) bond motifs is 1. The van der Waals surface area contributed by atoms with Gasteiger partial charge in [-0.05, 0) is 13.8 Å². The van der Waals surface area contributed by atoms with Crippen molar-refractivity contribution in [3.63, 3.8) is 0 Å². The average Bonchev–Trinajstić information content (AvgIpc) is 2.61. The van der Waals surface area contributed by atoms with Gasteiger partial charge >= 0.3 is 0 Å². The van der Waals surface area contributed by atoms with Crippen LogP contribution in [0.15, 0.2) is 16.0 Å². The maximum atomic E-state index is 11.9. The summed E-state index contributed by atoms with van der Waals surface area (Å²) in [6.45, 7) is 4.30. The normalized spacial score (nSPS) is 17.9. The van der Waals surface area contributed by atoms with E-state index in [0.717, 1.165) is 16.6 Å². The highest BCUT2D eigenvalue weighted by Crippen LogP contribution is 2.31. The first-order chi connectivity index (χ1) is 8.11. The highest BCUT2D eigenvalue weighted by atomic mass is 32.2. The number of nitrogens with one attached hydrogen (secondary N) is 1. The highest BCUT2D eigenvalue weighted by Gasteiger charge is 2.26. The van der Waals surface area contributed by atoms with E-state index in [1.807, 2.05) is 6.92 Å². The van der Waals surface area contributed by atoms with Crippen LogP contribution in [0.25, 0.3) is 0 Å². The molecule has 1 aliphatic rings. The van der Waals surface area contributed by atoms with Crippen LogP contribution in [0.5, 0.6) is 0 Å². The lowest BCUT2D eigenvalue weighted by Crippen LogP contribution is -2.30. The quantitative estimate of drug-likeness (QED) is 0.806. The molecule has 17 heavy (non-hydrogen) atoms. The summed E-state index contributed by atoms with van der Waals surface area (Å²) in [5, 5.41) is 3.48. The number of amides is 1. The predicted octanol–water partition coefficient (Wildman–Crippen LogP) is 0.725. The predicted molar refractivity (Wildman–Crippen MR) is 66.3 cm³/mol. The molecular formula is C11H15N3O2S. The van der Waals surface area contributed by atoms with E-state index in [1.165, 1.54) is 17.8 Å². The fourth-order valence-electron chi connectivity index (χ4n) is 1.90. The number of hydrogen-bond acceptors (Lipinski definition) is 4. The topological polar surface area (TPSA) is 64.0 Å². The number of aryl methyl sites for hydroxylation is 1. The number of rotatable bonds is 3. The van der Waals surface area contributed by atoms with Gasteiger partial charge < -0.3 is 5.32 Å². The molecule has 1 N–H and O–H groups in total. The molecule has 0 fully saturated rings. The Morgan fingerprint density at radius 2 is 2.47 bits per heavy atom. The van der Waals surface area contributed by atoms with Crippen LogP contribution in [0.3, 0.4) is 0 Å². The van der Waals surface area contributed by atoms with E-state index in [4.69, 9.17) is 0 Å². The maximum Gasteiger partial charge on any atom is 0.254 e. The van der Waals surface area contributed by atoms with E-state index < -0.39 is 0 Å². The van der Waals surface area contributed by atoms with Crippen LogP contribution in [0, 0.1) is 6.92 Å². The Labute approximate surface area is 104 Å². The first-order valence-electron chi connectivity index (χ1n) is 5.61. The molecule has 92 valence electrons. The number of hydrogen-bond donors (Lipinski definition) is 1. The van der Waals surface area contributed by atoms with E-state index >= 15 is 0 Å². The summed E-state index contributed by atoms with van der Waals surface area (Å²) >= 11 is 1.54. The summed E-state index contributed by atoms with van der Waals surface area (Å²) in [6.07, 6.45) is 0.346. The van der Waals surface area contributed by atoms with E-state index in [9.17, 15) is 9.59 Å². The summed E-state index contributed by atoms with van der Waals surface area (Å²) in [5.41, 5.74) is 0.666. The van der Waals surface area contributed by atoms with Crippen LogP contribution < -0.4 is 10.9 Å². The van der Waals surface area contributed by atoms with Crippen LogP contribution >= 0.6 is 11.8 Å². The molecule has 1 atom stereocenters. The SMILES string of the molecule is CCNC(=O)C[C@H]1CSc2nc(C)cc(=O)n21. The minimum Gasteiger partial charge on any atom is -0.356 e. The molecule has 0 aliphatic carbocycles. The second kappa shape index (κ2) is 4.91. The van der Waals surface area contributed by atoms with Crippen LogP contribution in [-0.4, -0.2) is 27.8 Å². The van der Waals surface area contributed by atoms with Crippen LogP contribution in [0.2, 0.25) is 0 Å². The molecule has 0 saturated heterocycles. The molecule has 0 radical (unpaired) electrons. The van der Waals surface area contributed by atoms with Gasteiger partial charge in [0.05, 0.1) is 6.04 Å². The zero-order valence-electron chi connectivity index (χ0n) is 9.90. The standard InChI is InChI=1S/C11H15N3O2S/c1-3-12-9(15)5-8-6-17-11-13-7(2)4-10(16)14(8)11/h4,8H,3,5-6H2,1-2H3,(H,12,15)/t8-/m0/s1. The maximum absolute atomic E-state index is 11.9. The average molecular weight is 253 g/mol. The van der Waals surface area contributed by atoms with Crippen molar-refractivity contribution in [3.05, 3.63) is 22.1 Å². The summed E-state index contributed by atoms with van der Waals surface area (Å²) in [4.78, 5) is 27.7. The van der Waals surface area contributed by atoms with Crippen molar-refractivity contribution in [1.82, 2.24) is 14.9 Å². The molecule has 2 rings (SSSR count). The van der Waals surface area contributed by atoms with Crippen molar-refractivity contribution < 1.29 is 4.79 Å². The number of aromatic nitrogens is 2. The van der Waals surface area contributed by atoms with E-state index in [-0.39, 0.29) is 17.5 Å². The van der Waals surface area contributed by atoms with Gasteiger partial charge in [-0.15, -0.1) is 0 Å². The zero-order chi connectivity index (χ0) is 12.4. The Bertz CT molecular complexity index is 498.